The zero-order valence-corrected chi connectivity index (χ0v) is 27.3. The van der Waals surface area contributed by atoms with E-state index in [4.69, 9.17) is 12.2 Å². The number of aliphatic carboxylic acids is 1. The van der Waals surface area contributed by atoms with E-state index in [0.717, 1.165) is 12.3 Å². The molecular formula is C30H32F2N4O7S3. The number of β-lactam (4-membered cyclic amide) rings is 1. The average Bonchev–Trinajstić information content (AvgIpc) is 3.67. The number of hydrogen-bond donors (Lipinski definition) is 4. The van der Waals surface area contributed by atoms with Crippen molar-refractivity contribution in [1.29, 1.82) is 0 Å². The molecule has 3 fully saturated rings. The second kappa shape index (κ2) is 12.4. The van der Waals surface area contributed by atoms with Crippen LogP contribution in [0.1, 0.15) is 49.5 Å². The Balaban J connectivity index is 1.08. The Morgan fingerprint density at radius 3 is 2.50 bits per heavy atom. The molecule has 4 aliphatic rings. The van der Waals surface area contributed by atoms with Gasteiger partial charge in [-0.1, -0.05) is 30.9 Å². The number of nitrogens with one attached hydrogen (secondary N) is 1. The molecule has 1 amide bonds. The van der Waals surface area contributed by atoms with Crippen LogP contribution in [0.3, 0.4) is 0 Å². The number of thioether (sulfide) groups is 2. The number of carboxylic acid groups (broad SMARTS) is 2. The predicted octanol–water partition coefficient (Wildman–Crippen LogP) is 3.39. The lowest BCUT2D eigenvalue weighted by Gasteiger charge is -2.46. The normalized spacial score (nSPS) is 24.8. The van der Waals surface area contributed by atoms with E-state index in [1.54, 1.807) is 4.90 Å². The summed E-state index contributed by atoms with van der Waals surface area (Å²) in [4.78, 5) is 52.4. The Morgan fingerprint density at radius 2 is 1.87 bits per heavy atom. The number of aromatic nitrogens is 1. The number of carboxylic acids is 2. The van der Waals surface area contributed by atoms with Crippen LogP contribution in [-0.2, 0) is 9.59 Å². The van der Waals surface area contributed by atoms with Crippen LogP contribution < -0.4 is 15.6 Å². The largest absolute Gasteiger partial charge is 0.477 e. The monoisotopic (exact) mass is 694 g/mol. The number of hydrogen-bond acceptors (Lipinski definition) is 9. The fourth-order valence-electron chi connectivity index (χ4n) is 6.81. The fourth-order valence-corrected chi connectivity index (χ4v) is 9.27. The first-order valence-electron chi connectivity index (χ1n) is 14.9. The highest BCUT2D eigenvalue weighted by Crippen LogP contribution is 2.50. The molecule has 4 heterocycles. The Kier molecular flexibility index (Phi) is 8.84. The molecule has 2 aromatic rings. The maximum Gasteiger partial charge on any atom is 0.353 e. The third kappa shape index (κ3) is 5.56. The third-order valence-electron chi connectivity index (χ3n) is 9.07. The van der Waals surface area contributed by atoms with E-state index < -0.39 is 46.6 Å². The predicted molar refractivity (Wildman–Crippen MR) is 174 cm³/mol. The molecule has 16 heteroatoms. The molecule has 1 aliphatic carbocycles. The van der Waals surface area contributed by atoms with Gasteiger partial charge in [0.05, 0.1) is 29.0 Å². The topological polar surface area (TPSA) is 152 Å². The first kappa shape index (κ1) is 32.7. The van der Waals surface area contributed by atoms with E-state index in [9.17, 15) is 34.5 Å². The van der Waals surface area contributed by atoms with E-state index in [0.29, 0.717) is 46.5 Å². The summed E-state index contributed by atoms with van der Waals surface area (Å²) < 4.78 is 33.3. The number of thiocarbonyl (C=S) groups is 1. The average molecular weight is 695 g/mol. The highest BCUT2D eigenvalue weighted by molar-refractivity contribution is 8.23. The zero-order chi connectivity index (χ0) is 33.2. The number of pyridine rings is 1. The van der Waals surface area contributed by atoms with Gasteiger partial charge >= 0.3 is 11.9 Å². The van der Waals surface area contributed by atoms with Crippen LogP contribution in [0.15, 0.2) is 27.7 Å². The molecule has 0 bridgehead atoms. The van der Waals surface area contributed by atoms with Gasteiger partial charge in [-0.15, -0.1) is 11.8 Å². The number of aromatic carboxylic acids is 1. The fraction of sp³-hybridized carbons (Fsp3) is 0.500. The van der Waals surface area contributed by atoms with Gasteiger partial charge in [0.15, 0.2) is 5.82 Å². The van der Waals surface area contributed by atoms with Crippen molar-refractivity contribution >= 4 is 74.5 Å². The molecule has 46 heavy (non-hydrogen) atoms. The van der Waals surface area contributed by atoms with Crippen LogP contribution >= 0.6 is 35.7 Å². The van der Waals surface area contributed by atoms with Gasteiger partial charge in [0.1, 0.15) is 27.1 Å². The molecule has 0 spiro atoms. The van der Waals surface area contributed by atoms with Crippen molar-refractivity contribution < 1.29 is 38.5 Å². The summed E-state index contributed by atoms with van der Waals surface area (Å²) in [5.41, 5.74) is -1.83. The highest BCUT2D eigenvalue weighted by Gasteiger charge is 2.59. The SMILES string of the molecule is CC1C(SCCSC(=S)NC2CCN(c3c(F)cc4c(=O)c(C(=O)O)cn(C5CC5)c4c3F)C2)=C(C(=O)O)N2C(=O)[C@@H]([C@@H](C)O)[C@H]12. The molecule has 5 atom stereocenters. The minimum Gasteiger partial charge on any atom is -0.477 e. The molecule has 2 saturated heterocycles. The van der Waals surface area contributed by atoms with Crippen LogP contribution in [0, 0.1) is 23.5 Å². The molecule has 2 unspecified atom stereocenters. The number of fused-ring (bicyclic) bond motifs is 2. The molecule has 1 aromatic carbocycles. The minimum atomic E-state index is -1.45. The Hall–Kier alpha value is -3.21. The van der Waals surface area contributed by atoms with Crippen LogP contribution in [0.25, 0.3) is 10.9 Å². The quantitative estimate of drug-likeness (QED) is 0.164. The number of anilines is 1. The van der Waals surface area contributed by atoms with E-state index in [1.165, 1.54) is 39.9 Å². The summed E-state index contributed by atoms with van der Waals surface area (Å²) in [7, 11) is 0. The number of amides is 1. The van der Waals surface area contributed by atoms with Crippen molar-refractivity contribution in [2.45, 2.75) is 57.3 Å². The summed E-state index contributed by atoms with van der Waals surface area (Å²) in [5, 5.41) is 32.2. The lowest BCUT2D eigenvalue weighted by atomic mass is 9.79. The number of carbonyl (C=O) groups excluding carboxylic acids is 1. The van der Waals surface area contributed by atoms with Crippen molar-refractivity contribution in [3.8, 4) is 0 Å². The van der Waals surface area contributed by atoms with Gasteiger partial charge in [-0.2, -0.15) is 0 Å². The first-order valence-corrected chi connectivity index (χ1v) is 17.3. The number of rotatable bonds is 10. The van der Waals surface area contributed by atoms with Gasteiger partial charge in [-0.25, -0.2) is 18.4 Å². The van der Waals surface area contributed by atoms with Crippen LogP contribution in [0.2, 0.25) is 0 Å². The highest BCUT2D eigenvalue weighted by atomic mass is 32.2. The molecule has 6 rings (SSSR count). The summed E-state index contributed by atoms with van der Waals surface area (Å²) in [6.07, 6.45) is 2.23. The standard InChI is InChI=1S/C30H32F2N4O7S3/c1-12-21-19(13(2)37)27(39)36(21)24(29(42)43)26(12)45-7-8-46-30(44)33-14-5-6-34(10-14)23-18(31)9-16-22(20(23)32)35(15-3-4-15)11-17(25(16)38)28(40)41/h9,11-15,19,21,37H,3-8,10H2,1-2H3,(H,33,44)(H,40,41)(H,42,43)/t12?,13-,14?,19+,21+/m1/s1. The first-order chi connectivity index (χ1) is 21.8. The number of aliphatic hydroxyl groups excluding tert-OH is 1. The van der Waals surface area contributed by atoms with E-state index in [-0.39, 0.29) is 58.8 Å². The molecule has 11 nitrogen and oxygen atoms in total. The molecule has 0 radical (unpaired) electrons. The van der Waals surface area contributed by atoms with Crippen molar-refractivity contribution in [2.24, 2.45) is 11.8 Å². The lowest BCUT2D eigenvalue weighted by molar-refractivity contribution is -0.163. The number of benzene rings is 1. The number of carbonyl (C=O) groups is 3. The van der Waals surface area contributed by atoms with E-state index in [2.05, 4.69) is 5.32 Å². The molecule has 3 aliphatic heterocycles. The van der Waals surface area contributed by atoms with Crippen LogP contribution in [0.4, 0.5) is 14.5 Å². The number of aliphatic hydroxyl groups is 1. The van der Waals surface area contributed by atoms with Gasteiger partial charge in [0.25, 0.3) is 0 Å². The Labute approximate surface area is 276 Å². The molecule has 246 valence electrons. The van der Waals surface area contributed by atoms with Crippen molar-refractivity contribution in [2.75, 3.05) is 29.5 Å². The van der Waals surface area contributed by atoms with E-state index in [1.807, 2.05) is 6.92 Å². The molecule has 1 aromatic heterocycles. The van der Waals surface area contributed by atoms with Gasteiger partial charge in [0, 0.05) is 53.7 Å². The third-order valence-corrected chi connectivity index (χ3v) is 11.9. The Bertz CT molecular complexity index is 1760. The minimum absolute atomic E-state index is 0.0224. The Morgan fingerprint density at radius 1 is 1.15 bits per heavy atom. The van der Waals surface area contributed by atoms with Gasteiger partial charge in [0.2, 0.25) is 11.3 Å². The van der Waals surface area contributed by atoms with Gasteiger partial charge in [-0.3, -0.25) is 9.59 Å². The van der Waals surface area contributed by atoms with Gasteiger partial charge in [-0.05, 0) is 32.3 Å². The number of halogens is 2. The lowest BCUT2D eigenvalue weighted by Crippen LogP contribution is -2.63. The summed E-state index contributed by atoms with van der Waals surface area (Å²) in [6, 6.07) is 0.196. The molecule has 4 N–H and O–H groups in total. The second-order valence-electron chi connectivity index (χ2n) is 12.1. The van der Waals surface area contributed by atoms with Crippen LogP contribution in [0.5, 0.6) is 0 Å². The van der Waals surface area contributed by atoms with Crippen molar-refractivity contribution in [3.63, 3.8) is 0 Å². The van der Waals surface area contributed by atoms with Gasteiger partial charge < -0.3 is 35.0 Å². The summed E-state index contributed by atoms with van der Waals surface area (Å²) in [5.74, 6) is -4.62. The van der Waals surface area contributed by atoms with Crippen molar-refractivity contribution in [3.05, 3.63) is 50.3 Å². The van der Waals surface area contributed by atoms with E-state index >= 15 is 8.78 Å². The van der Waals surface area contributed by atoms with Crippen LogP contribution in [-0.4, -0.2) is 89.7 Å². The second-order valence-corrected chi connectivity index (χ2v) is 15.0. The maximum atomic E-state index is 16.0. The molecule has 1 saturated carbocycles. The maximum absolute atomic E-state index is 16.0. The summed E-state index contributed by atoms with van der Waals surface area (Å²) in [6.45, 7) is 3.97. The zero-order valence-electron chi connectivity index (χ0n) is 24.9. The number of nitrogens with zero attached hydrogens (tertiary/aromatic N) is 3. The van der Waals surface area contributed by atoms with Crippen molar-refractivity contribution in [1.82, 2.24) is 14.8 Å². The molecular weight excluding hydrogens is 663 g/mol. The summed E-state index contributed by atoms with van der Waals surface area (Å²) >= 11 is 8.22. The smallest absolute Gasteiger partial charge is 0.353 e.